The molecule has 0 aliphatic heterocycles. The number of hydrogen-bond acceptors (Lipinski definition) is 3. The van der Waals surface area contributed by atoms with Gasteiger partial charge in [0.25, 0.3) is 0 Å². The lowest BCUT2D eigenvalue weighted by Gasteiger charge is -2.21. The Hall–Kier alpha value is -1.36. The maximum absolute atomic E-state index is 10.3. The smallest absolute Gasteiger partial charge is 0.119 e. The highest BCUT2D eigenvalue weighted by Crippen LogP contribution is 2.20. The lowest BCUT2D eigenvalue weighted by molar-refractivity contribution is 0.123. The molecule has 2 aromatic carbocycles. The number of benzene rings is 2. The molecular weight excluding hydrogens is 330 g/mol. The van der Waals surface area contributed by atoms with Crippen molar-refractivity contribution in [1.29, 1.82) is 0 Å². The summed E-state index contributed by atoms with van der Waals surface area (Å²) in [7, 11) is 3.64. The van der Waals surface area contributed by atoms with E-state index in [1.807, 2.05) is 43.4 Å². The van der Waals surface area contributed by atoms with Gasteiger partial charge >= 0.3 is 0 Å². The Morgan fingerprint density at radius 3 is 2.57 bits per heavy atom. The van der Waals surface area contributed by atoms with Crippen LogP contribution in [0.25, 0.3) is 0 Å². The summed E-state index contributed by atoms with van der Waals surface area (Å²) in [5.74, 6) is 0.766. The monoisotopic (exact) mass is 349 g/mol. The van der Waals surface area contributed by atoms with Crippen LogP contribution in [0.5, 0.6) is 5.75 Å². The van der Waals surface area contributed by atoms with Crippen LogP contribution in [-0.2, 0) is 6.54 Å². The first-order valence-electron chi connectivity index (χ1n) is 6.83. The molecule has 0 aliphatic rings. The number of aliphatic hydroxyl groups is 1. The molecule has 0 aromatic heterocycles. The standard InChI is InChI=1S/C17H20BrNO2/c1-19(11-13-6-8-15(18)9-7-13)12-17(20)14-4-3-5-16(10-14)21-2/h3-10,17,20H,11-12H2,1-2H3. The second kappa shape index (κ2) is 7.59. The highest BCUT2D eigenvalue weighted by molar-refractivity contribution is 9.10. The molecule has 3 nitrogen and oxygen atoms in total. The molecule has 0 amide bonds. The van der Waals surface area contributed by atoms with E-state index in [4.69, 9.17) is 4.74 Å². The Morgan fingerprint density at radius 2 is 1.90 bits per heavy atom. The molecule has 0 bridgehead atoms. The van der Waals surface area contributed by atoms with Gasteiger partial charge in [-0.15, -0.1) is 0 Å². The minimum atomic E-state index is -0.527. The maximum atomic E-state index is 10.3. The summed E-state index contributed by atoms with van der Waals surface area (Å²) in [6, 6.07) is 15.8. The van der Waals surface area contributed by atoms with Crippen LogP contribution in [0.4, 0.5) is 0 Å². The minimum Gasteiger partial charge on any atom is -0.497 e. The molecule has 1 unspecified atom stereocenters. The van der Waals surface area contributed by atoms with E-state index in [2.05, 4.69) is 33.0 Å². The summed E-state index contributed by atoms with van der Waals surface area (Å²) >= 11 is 3.43. The number of aliphatic hydroxyl groups excluding tert-OH is 1. The van der Waals surface area contributed by atoms with Crippen LogP contribution in [0.2, 0.25) is 0 Å². The van der Waals surface area contributed by atoms with Gasteiger partial charge in [-0.1, -0.05) is 40.2 Å². The third-order valence-electron chi connectivity index (χ3n) is 3.33. The van der Waals surface area contributed by atoms with Crippen molar-refractivity contribution in [2.75, 3.05) is 20.7 Å². The Labute approximate surface area is 134 Å². The number of hydrogen-bond donors (Lipinski definition) is 1. The molecule has 0 heterocycles. The van der Waals surface area contributed by atoms with Crippen LogP contribution >= 0.6 is 15.9 Å². The van der Waals surface area contributed by atoms with E-state index in [-0.39, 0.29) is 0 Å². The first-order valence-corrected chi connectivity index (χ1v) is 7.63. The van der Waals surface area contributed by atoms with Gasteiger partial charge in [-0.25, -0.2) is 0 Å². The average molecular weight is 350 g/mol. The van der Waals surface area contributed by atoms with Crippen molar-refractivity contribution < 1.29 is 9.84 Å². The fourth-order valence-corrected chi connectivity index (χ4v) is 2.48. The fraction of sp³-hybridized carbons (Fsp3) is 0.294. The minimum absolute atomic E-state index is 0.527. The first kappa shape index (κ1) is 16.0. The van der Waals surface area contributed by atoms with E-state index >= 15 is 0 Å². The number of rotatable bonds is 6. The lowest BCUT2D eigenvalue weighted by Crippen LogP contribution is -2.24. The molecule has 0 radical (unpaired) electrons. The van der Waals surface area contributed by atoms with Gasteiger partial charge in [0.2, 0.25) is 0 Å². The topological polar surface area (TPSA) is 32.7 Å². The zero-order chi connectivity index (χ0) is 15.2. The largest absolute Gasteiger partial charge is 0.497 e. The van der Waals surface area contributed by atoms with E-state index in [0.29, 0.717) is 6.54 Å². The van der Waals surface area contributed by atoms with Crippen LogP contribution in [-0.4, -0.2) is 30.7 Å². The molecule has 0 saturated heterocycles. The van der Waals surface area contributed by atoms with Gasteiger partial charge in [0.1, 0.15) is 5.75 Å². The van der Waals surface area contributed by atoms with Gasteiger partial charge in [-0.05, 0) is 42.4 Å². The van der Waals surface area contributed by atoms with Gasteiger partial charge in [-0.3, -0.25) is 4.90 Å². The zero-order valence-electron chi connectivity index (χ0n) is 12.3. The highest BCUT2D eigenvalue weighted by atomic mass is 79.9. The van der Waals surface area contributed by atoms with Gasteiger partial charge in [0.15, 0.2) is 0 Å². The molecule has 4 heteroatoms. The van der Waals surface area contributed by atoms with E-state index in [9.17, 15) is 5.11 Å². The van der Waals surface area contributed by atoms with Crippen LogP contribution in [0.15, 0.2) is 53.0 Å². The molecule has 1 atom stereocenters. The summed E-state index contributed by atoms with van der Waals surface area (Å²) in [6.07, 6.45) is -0.527. The third-order valence-corrected chi connectivity index (χ3v) is 3.86. The van der Waals surface area contributed by atoms with Crippen molar-refractivity contribution in [3.8, 4) is 5.75 Å². The summed E-state index contributed by atoms with van der Waals surface area (Å²) in [5, 5.41) is 10.3. The molecule has 2 aromatic rings. The second-order valence-electron chi connectivity index (χ2n) is 5.12. The van der Waals surface area contributed by atoms with Gasteiger partial charge in [-0.2, -0.15) is 0 Å². The van der Waals surface area contributed by atoms with Crippen molar-refractivity contribution >= 4 is 15.9 Å². The third kappa shape index (κ3) is 4.84. The van der Waals surface area contributed by atoms with E-state index < -0.39 is 6.10 Å². The molecule has 0 spiro atoms. The lowest BCUT2D eigenvalue weighted by atomic mass is 10.1. The van der Waals surface area contributed by atoms with Crippen LogP contribution < -0.4 is 4.74 Å². The van der Waals surface area contributed by atoms with E-state index in [0.717, 1.165) is 22.3 Å². The summed E-state index contributed by atoms with van der Waals surface area (Å²) < 4.78 is 6.26. The van der Waals surface area contributed by atoms with Crippen LogP contribution in [0.1, 0.15) is 17.2 Å². The molecular formula is C17H20BrNO2. The fourth-order valence-electron chi connectivity index (χ4n) is 2.22. The first-order chi connectivity index (χ1) is 10.1. The van der Waals surface area contributed by atoms with Gasteiger partial charge < -0.3 is 9.84 Å². The van der Waals surface area contributed by atoms with Crippen molar-refractivity contribution in [2.45, 2.75) is 12.6 Å². The van der Waals surface area contributed by atoms with Gasteiger partial charge in [0, 0.05) is 17.6 Å². The van der Waals surface area contributed by atoms with Crippen molar-refractivity contribution in [1.82, 2.24) is 4.90 Å². The normalized spacial score (nSPS) is 12.4. The number of halogens is 1. The molecule has 112 valence electrons. The summed E-state index contributed by atoms with van der Waals surface area (Å²) in [6.45, 7) is 1.37. The molecule has 0 aliphatic carbocycles. The van der Waals surface area contributed by atoms with Crippen LogP contribution in [0.3, 0.4) is 0 Å². The average Bonchev–Trinajstić information content (AvgIpc) is 2.49. The Bertz CT molecular complexity index is 571. The molecule has 0 saturated carbocycles. The summed E-state index contributed by atoms with van der Waals surface area (Å²) in [4.78, 5) is 2.10. The maximum Gasteiger partial charge on any atom is 0.119 e. The number of nitrogens with zero attached hydrogens (tertiary/aromatic N) is 1. The molecule has 2 rings (SSSR count). The van der Waals surface area contributed by atoms with E-state index in [1.165, 1.54) is 5.56 Å². The quantitative estimate of drug-likeness (QED) is 0.864. The van der Waals surface area contributed by atoms with Crippen LogP contribution in [0, 0.1) is 0 Å². The predicted molar refractivity (Wildman–Crippen MR) is 88.4 cm³/mol. The number of likely N-dealkylation sites (N-methyl/N-ethyl adjacent to an activating group) is 1. The van der Waals surface area contributed by atoms with Crippen molar-refractivity contribution in [3.05, 3.63) is 64.1 Å². The van der Waals surface area contributed by atoms with E-state index in [1.54, 1.807) is 7.11 Å². The second-order valence-corrected chi connectivity index (χ2v) is 6.03. The number of ether oxygens (including phenoxy) is 1. The Balaban J connectivity index is 1.94. The SMILES string of the molecule is COc1cccc(C(O)CN(C)Cc2ccc(Br)cc2)c1. The predicted octanol–water partition coefficient (Wildman–Crippen LogP) is 3.62. The summed E-state index contributed by atoms with van der Waals surface area (Å²) in [5.41, 5.74) is 2.09. The van der Waals surface area contributed by atoms with Gasteiger partial charge in [0.05, 0.1) is 13.2 Å². The van der Waals surface area contributed by atoms with Crippen molar-refractivity contribution in [2.24, 2.45) is 0 Å². The molecule has 1 N–H and O–H groups in total. The molecule has 21 heavy (non-hydrogen) atoms. The highest BCUT2D eigenvalue weighted by Gasteiger charge is 2.11. The Morgan fingerprint density at radius 1 is 1.19 bits per heavy atom. The number of methoxy groups -OCH3 is 1. The molecule has 0 fully saturated rings. The Kier molecular flexibility index (Phi) is 5.79. The zero-order valence-corrected chi connectivity index (χ0v) is 13.9. The van der Waals surface area contributed by atoms with Crippen molar-refractivity contribution in [3.63, 3.8) is 0 Å².